The number of aryl methyl sites for hydroxylation is 2. The summed E-state index contributed by atoms with van der Waals surface area (Å²) in [5.41, 5.74) is 2.89. The highest BCUT2D eigenvalue weighted by Crippen LogP contribution is 2.30. The molecule has 4 aromatic rings. The molecule has 0 saturated heterocycles. The fourth-order valence-electron chi connectivity index (χ4n) is 2.86. The van der Waals surface area contributed by atoms with E-state index in [1.54, 1.807) is 0 Å². The number of hydrogen-bond donors (Lipinski definition) is 1. The summed E-state index contributed by atoms with van der Waals surface area (Å²) in [4.78, 5) is 14.2. The van der Waals surface area contributed by atoms with E-state index in [-0.39, 0.29) is 5.91 Å². The third-order valence-electron chi connectivity index (χ3n) is 4.17. The second-order valence-electron chi connectivity index (χ2n) is 6.14. The van der Waals surface area contributed by atoms with Crippen molar-refractivity contribution >= 4 is 27.5 Å². The summed E-state index contributed by atoms with van der Waals surface area (Å²) in [5, 5.41) is 12.9. The summed E-state index contributed by atoms with van der Waals surface area (Å²) in [6.45, 7) is 5.11. The number of carbonyl (C=O) groups is 1. The molecule has 3 aromatic heterocycles. The van der Waals surface area contributed by atoms with Crippen LogP contribution in [0.3, 0.4) is 0 Å². The summed E-state index contributed by atoms with van der Waals surface area (Å²) in [5.74, 6) is -0.0610. The molecule has 3 heterocycles. The van der Waals surface area contributed by atoms with Crippen LogP contribution >= 0.6 is 11.3 Å². The van der Waals surface area contributed by atoms with Gasteiger partial charge in [0.1, 0.15) is 4.83 Å². The molecular formula is C19H19N5OS. The molecule has 7 heteroatoms. The van der Waals surface area contributed by atoms with Gasteiger partial charge in [0.15, 0.2) is 0 Å². The minimum atomic E-state index is -0.0610. The average molecular weight is 365 g/mol. The van der Waals surface area contributed by atoms with Crippen molar-refractivity contribution in [3.8, 4) is 5.69 Å². The van der Waals surface area contributed by atoms with Crippen molar-refractivity contribution in [1.29, 1.82) is 0 Å². The van der Waals surface area contributed by atoms with E-state index in [1.807, 2.05) is 71.9 Å². The number of carbonyl (C=O) groups excluding carboxylic acids is 1. The largest absolute Gasteiger partial charge is 0.349 e. The summed E-state index contributed by atoms with van der Waals surface area (Å²) >= 11 is 1.46. The molecule has 1 amide bonds. The Balaban J connectivity index is 1.52. The molecule has 0 aliphatic heterocycles. The molecule has 0 unspecified atom stereocenters. The fraction of sp³-hybridized carbons (Fsp3) is 0.211. The van der Waals surface area contributed by atoms with E-state index >= 15 is 0 Å². The van der Waals surface area contributed by atoms with Crippen molar-refractivity contribution in [2.24, 2.45) is 0 Å². The number of nitrogens with zero attached hydrogens (tertiary/aromatic N) is 4. The van der Waals surface area contributed by atoms with Crippen molar-refractivity contribution in [3.05, 3.63) is 64.9 Å². The molecule has 1 N–H and O–H groups in total. The summed E-state index contributed by atoms with van der Waals surface area (Å²) in [6, 6.07) is 13.8. The Morgan fingerprint density at radius 1 is 1.15 bits per heavy atom. The van der Waals surface area contributed by atoms with Gasteiger partial charge in [0.2, 0.25) is 0 Å². The molecule has 0 saturated carbocycles. The van der Waals surface area contributed by atoms with E-state index in [0.717, 1.165) is 27.3 Å². The van der Waals surface area contributed by atoms with Gasteiger partial charge in [-0.25, -0.2) is 4.68 Å². The van der Waals surface area contributed by atoms with Crippen LogP contribution in [-0.4, -0.2) is 32.0 Å². The van der Waals surface area contributed by atoms with Gasteiger partial charge in [0, 0.05) is 18.1 Å². The Kier molecular flexibility index (Phi) is 4.30. The summed E-state index contributed by atoms with van der Waals surface area (Å²) in [7, 11) is 0. The first-order chi connectivity index (χ1) is 12.6. The maximum Gasteiger partial charge on any atom is 0.261 e. The van der Waals surface area contributed by atoms with E-state index in [9.17, 15) is 4.79 Å². The lowest BCUT2D eigenvalue weighted by Gasteiger charge is -2.04. The Morgan fingerprint density at radius 3 is 2.69 bits per heavy atom. The van der Waals surface area contributed by atoms with Gasteiger partial charge >= 0.3 is 0 Å². The zero-order chi connectivity index (χ0) is 18.1. The molecule has 132 valence electrons. The minimum absolute atomic E-state index is 0.0610. The standard InChI is InChI=1S/C19H19N5OS/c1-13-8-10-23(21-13)11-9-20-18(25)17-12-16-14(2)22-24(19(16)26-17)15-6-4-3-5-7-15/h3-8,10,12H,9,11H2,1-2H3,(H,20,25). The Hall–Kier alpha value is -2.93. The SMILES string of the molecule is Cc1ccn(CCNC(=O)c2cc3c(C)nn(-c4ccccc4)c3s2)n1. The third kappa shape index (κ3) is 3.13. The second-order valence-corrected chi connectivity index (χ2v) is 7.17. The average Bonchev–Trinajstić information content (AvgIpc) is 3.33. The maximum atomic E-state index is 12.5. The molecule has 0 radical (unpaired) electrons. The van der Waals surface area contributed by atoms with Gasteiger partial charge in [-0.3, -0.25) is 9.48 Å². The van der Waals surface area contributed by atoms with Crippen molar-refractivity contribution in [2.45, 2.75) is 20.4 Å². The normalized spacial score (nSPS) is 11.2. The van der Waals surface area contributed by atoms with Crippen molar-refractivity contribution in [2.75, 3.05) is 6.54 Å². The highest BCUT2D eigenvalue weighted by atomic mass is 32.1. The molecule has 0 fully saturated rings. The zero-order valence-electron chi connectivity index (χ0n) is 14.6. The van der Waals surface area contributed by atoms with Crippen LogP contribution in [-0.2, 0) is 6.54 Å². The number of para-hydroxylation sites is 1. The van der Waals surface area contributed by atoms with E-state index < -0.39 is 0 Å². The van der Waals surface area contributed by atoms with Gasteiger partial charge in [-0.15, -0.1) is 11.3 Å². The first-order valence-electron chi connectivity index (χ1n) is 8.44. The van der Waals surface area contributed by atoms with Gasteiger partial charge < -0.3 is 5.32 Å². The van der Waals surface area contributed by atoms with Crippen LogP contribution in [0.5, 0.6) is 0 Å². The lowest BCUT2D eigenvalue weighted by Crippen LogP contribution is -2.26. The molecule has 6 nitrogen and oxygen atoms in total. The second kappa shape index (κ2) is 6.76. The van der Waals surface area contributed by atoms with E-state index in [1.165, 1.54) is 11.3 Å². The number of nitrogens with one attached hydrogen (secondary N) is 1. The molecule has 0 atom stereocenters. The number of fused-ring (bicyclic) bond motifs is 1. The van der Waals surface area contributed by atoms with Crippen LogP contribution in [0.2, 0.25) is 0 Å². The van der Waals surface area contributed by atoms with E-state index in [0.29, 0.717) is 18.0 Å². The summed E-state index contributed by atoms with van der Waals surface area (Å²) in [6.07, 6.45) is 1.92. The molecule has 0 aliphatic rings. The molecule has 1 aromatic carbocycles. The molecule has 4 rings (SSSR count). The molecule has 0 aliphatic carbocycles. The van der Waals surface area contributed by atoms with Crippen LogP contribution in [0, 0.1) is 13.8 Å². The first kappa shape index (κ1) is 16.5. The predicted molar refractivity (Wildman–Crippen MR) is 103 cm³/mol. The molecule has 26 heavy (non-hydrogen) atoms. The highest BCUT2D eigenvalue weighted by molar-refractivity contribution is 7.20. The van der Waals surface area contributed by atoms with Crippen LogP contribution in [0.4, 0.5) is 0 Å². The predicted octanol–water partition coefficient (Wildman–Crippen LogP) is 3.33. The van der Waals surface area contributed by atoms with Gasteiger partial charge in [-0.2, -0.15) is 10.2 Å². The number of aromatic nitrogens is 4. The molecule has 0 bridgehead atoms. The van der Waals surface area contributed by atoms with E-state index in [4.69, 9.17) is 0 Å². The van der Waals surface area contributed by atoms with Crippen molar-refractivity contribution < 1.29 is 4.79 Å². The monoisotopic (exact) mass is 365 g/mol. The minimum Gasteiger partial charge on any atom is -0.349 e. The first-order valence-corrected chi connectivity index (χ1v) is 9.26. The van der Waals surface area contributed by atoms with Gasteiger partial charge in [0.05, 0.1) is 28.5 Å². The zero-order valence-corrected chi connectivity index (χ0v) is 15.5. The third-order valence-corrected chi connectivity index (χ3v) is 5.28. The van der Waals surface area contributed by atoms with Gasteiger partial charge in [-0.1, -0.05) is 18.2 Å². The highest BCUT2D eigenvalue weighted by Gasteiger charge is 2.16. The van der Waals surface area contributed by atoms with Crippen molar-refractivity contribution in [3.63, 3.8) is 0 Å². The lowest BCUT2D eigenvalue weighted by atomic mass is 10.3. The topological polar surface area (TPSA) is 64.7 Å². The van der Waals surface area contributed by atoms with E-state index in [2.05, 4.69) is 15.5 Å². The number of thiophene rings is 1. The number of benzene rings is 1. The summed E-state index contributed by atoms with van der Waals surface area (Å²) < 4.78 is 3.73. The van der Waals surface area contributed by atoms with Crippen LogP contribution < -0.4 is 5.32 Å². The van der Waals surface area contributed by atoms with Crippen LogP contribution in [0.25, 0.3) is 15.9 Å². The van der Waals surface area contributed by atoms with Crippen LogP contribution in [0.15, 0.2) is 48.7 Å². The lowest BCUT2D eigenvalue weighted by molar-refractivity contribution is 0.0956. The van der Waals surface area contributed by atoms with Gasteiger partial charge in [-0.05, 0) is 38.1 Å². The Bertz CT molecular complexity index is 1060. The molecular weight excluding hydrogens is 346 g/mol. The smallest absolute Gasteiger partial charge is 0.261 e. The quantitative estimate of drug-likeness (QED) is 0.590. The number of hydrogen-bond acceptors (Lipinski definition) is 4. The Morgan fingerprint density at radius 2 is 1.96 bits per heavy atom. The molecule has 0 spiro atoms. The van der Waals surface area contributed by atoms with Crippen molar-refractivity contribution in [1.82, 2.24) is 24.9 Å². The van der Waals surface area contributed by atoms with Crippen LogP contribution in [0.1, 0.15) is 21.1 Å². The number of rotatable bonds is 5. The maximum absolute atomic E-state index is 12.5. The van der Waals surface area contributed by atoms with Gasteiger partial charge in [0.25, 0.3) is 5.91 Å². The fourth-order valence-corrected chi connectivity index (χ4v) is 3.96. The Labute approximate surface area is 155 Å². The number of amides is 1.